The number of rotatable bonds is 5. The number of carbonyl (C=O) groups excluding carboxylic acids is 4. The maximum atomic E-state index is 15.1. The number of allylic oxidation sites excluding steroid dienone is 2. The number of methoxy groups -OCH3 is 1. The molecule has 4 aliphatic rings. The Morgan fingerprint density at radius 2 is 1.82 bits per heavy atom. The van der Waals surface area contributed by atoms with Crippen molar-refractivity contribution in [3.8, 4) is 22.1 Å². The average molecular weight is 857 g/mol. The number of hydrogen-bond donors (Lipinski definition) is 1. The zero-order chi connectivity index (χ0) is 36.4. The van der Waals surface area contributed by atoms with Gasteiger partial charge < -0.3 is 9.84 Å². The number of aromatic hydroxyl groups is 1. The van der Waals surface area contributed by atoms with Crippen molar-refractivity contribution in [2.24, 2.45) is 36.1 Å². The molecule has 4 aromatic rings. The maximum Gasteiger partial charge on any atom is 0.242 e. The number of aryl methyl sites for hydroxylation is 2. The van der Waals surface area contributed by atoms with Crippen LogP contribution in [0.3, 0.4) is 0 Å². The standard InChI is InChI=1S/C37H33Br2ClN4O6S/c1-6-43-33(46)18-9-8-17-20(27(18)35(43)48)12-22-34(47)44(36(49)37(22,3)28(17)21-13-24(50-5)31(45)30(39)29(21)38)26-14-23(41-42(26)4)32-15(2)19-11-16(40)7-10-25(19)51-32/h7-8,10-11,13-14,18,20,22,27-28,45H,6,9,12H2,1-5H3/t18-,20+,22-,27-,28+,37+/m0/s1. The third-order valence-corrected chi connectivity index (χ3v) is 15.3. The first-order chi connectivity index (χ1) is 24.2. The number of benzene rings is 2. The van der Waals surface area contributed by atoms with Crippen LogP contribution in [0.2, 0.25) is 5.02 Å². The van der Waals surface area contributed by atoms with Crippen molar-refractivity contribution in [3.63, 3.8) is 0 Å². The van der Waals surface area contributed by atoms with Crippen molar-refractivity contribution in [1.82, 2.24) is 14.7 Å². The number of anilines is 1. The minimum absolute atomic E-state index is 0.119. The molecule has 2 aromatic heterocycles. The number of amides is 4. The summed E-state index contributed by atoms with van der Waals surface area (Å²) in [4.78, 5) is 60.7. The van der Waals surface area contributed by atoms with E-state index in [4.69, 9.17) is 21.4 Å². The Hall–Kier alpha value is -3.52. The lowest BCUT2D eigenvalue weighted by Gasteiger charge is -2.49. The molecule has 0 unspecified atom stereocenters. The fraction of sp³-hybridized carbons (Fsp3) is 0.378. The zero-order valence-corrected chi connectivity index (χ0v) is 33.0. The number of thiophene rings is 1. The highest BCUT2D eigenvalue weighted by molar-refractivity contribution is 9.13. The second kappa shape index (κ2) is 12.0. The van der Waals surface area contributed by atoms with Crippen LogP contribution < -0.4 is 9.64 Å². The summed E-state index contributed by atoms with van der Waals surface area (Å²) < 4.78 is 9.00. The molecule has 264 valence electrons. The summed E-state index contributed by atoms with van der Waals surface area (Å²) in [5, 5.41) is 17.3. The number of halogens is 3. The van der Waals surface area contributed by atoms with Gasteiger partial charge in [0.25, 0.3) is 0 Å². The summed E-state index contributed by atoms with van der Waals surface area (Å²) in [7, 11) is 3.16. The molecule has 8 rings (SSSR count). The van der Waals surface area contributed by atoms with Crippen LogP contribution in [0, 0.1) is 36.0 Å². The Kier molecular flexibility index (Phi) is 8.14. The molecule has 0 spiro atoms. The van der Waals surface area contributed by atoms with Gasteiger partial charge >= 0.3 is 0 Å². The lowest BCUT2D eigenvalue weighted by Crippen LogP contribution is -2.49. The van der Waals surface area contributed by atoms with Gasteiger partial charge in [0.15, 0.2) is 11.5 Å². The number of carbonyl (C=O) groups is 4. The third kappa shape index (κ3) is 4.66. The van der Waals surface area contributed by atoms with E-state index in [0.29, 0.717) is 37.5 Å². The smallest absolute Gasteiger partial charge is 0.242 e. The molecule has 10 nitrogen and oxygen atoms in total. The summed E-state index contributed by atoms with van der Waals surface area (Å²) in [5.41, 5.74) is 1.78. The first-order valence-corrected chi connectivity index (χ1v) is 19.4. The summed E-state index contributed by atoms with van der Waals surface area (Å²) in [5.74, 6) is -3.96. The van der Waals surface area contributed by atoms with Gasteiger partial charge in [0.1, 0.15) is 11.5 Å². The fourth-order valence-electron chi connectivity index (χ4n) is 9.15. The van der Waals surface area contributed by atoms with Crippen LogP contribution in [0.25, 0.3) is 20.7 Å². The van der Waals surface area contributed by atoms with Crippen molar-refractivity contribution in [2.75, 3.05) is 18.6 Å². The van der Waals surface area contributed by atoms with Crippen molar-refractivity contribution >= 4 is 94.3 Å². The van der Waals surface area contributed by atoms with E-state index in [0.717, 1.165) is 26.1 Å². The molecule has 4 heterocycles. The first-order valence-electron chi connectivity index (χ1n) is 16.7. The minimum Gasteiger partial charge on any atom is -0.503 e. The summed E-state index contributed by atoms with van der Waals surface area (Å²) >= 11 is 15.0. The maximum absolute atomic E-state index is 15.1. The Morgan fingerprint density at radius 3 is 2.53 bits per heavy atom. The third-order valence-electron chi connectivity index (χ3n) is 11.6. The molecule has 0 radical (unpaired) electrons. The highest BCUT2D eigenvalue weighted by Crippen LogP contribution is 2.65. The van der Waals surface area contributed by atoms with E-state index in [1.165, 1.54) is 16.9 Å². The van der Waals surface area contributed by atoms with Gasteiger partial charge in [-0.25, -0.2) is 4.90 Å². The van der Waals surface area contributed by atoms with Crippen LogP contribution in [-0.4, -0.2) is 57.1 Å². The van der Waals surface area contributed by atoms with Gasteiger partial charge in [-0.2, -0.15) is 5.10 Å². The Balaban J connectivity index is 1.29. The average Bonchev–Trinajstić information content (AvgIpc) is 3.77. The normalized spacial score (nSPS) is 27.3. The lowest BCUT2D eigenvalue weighted by molar-refractivity contribution is -0.140. The number of likely N-dealkylation sites (tertiary alicyclic amines) is 1. The van der Waals surface area contributed by atoms with Gasteiger partial charge in [0.2, 0.25) is 23.6 Å². The van der Waals surface area contributed by atoms with Crippen molar-refractivity contribution < 1.29 is 29.0 Å². The number of phenols is 1. The van der Waals surface area contributed by atoms with Crippen LogP contribution >= 0.6 is 54.8 Å². The van der Waals surface area contributed by atoms with Crippen LogP contribution in [0.15, 0.2) is 50.9 Å². The second-order valence-corrected chi connectivity index (χ2v) is 17.0. The second-order valence-electron chi connectivity index (χ2n) is 13.9. The van der Waals surface area contributed by atoms with Gasteiger partial charge in [-0.3, -0.25) is 28.8 Å². The van der Waals surface area contributed by atoms with E-state index >= 15 is 4.79 Å². The molecule has 2 aromatic carbocycles. The predicted octanol–water partition coefficient (Wildman–Crippen LogP) is 7.75. The van der Waals surface area contributed by atoms with E-state index in [2.05, 4.69) is 31.9 Å². The van der Waals surface area contributed by atoms with Crippen LogP contribution in [0.5, 0.6) is 11.5 Å². The number of phenolic OH excluding ortho intramolecular Hbond substituents is 1. The topological polar surface area (TPSA) is 122 Å². The molecule has 3 fully saturated rings. The number of imide groups is 2. The first kappa shape index (κ1) is 34.6. The zero-order valence-electron chi connectivity index (χ0n) is 28.3. The molecular weight excluding hydrogens is 824 g/mol. The van der Waals surface area contributed by atoms with Crippen molar-refractivity contribution in [3.05, 3.63) is 67.1 Å². The van der Waals surface area contributed by atoms with E-state index < -0.39 is 40.9 Å². The lowest BCUT2D eigenvalue weighted by atomic mass is 9.51. The highest BCUT2D eigenvalue weighted by Gasteiger charge is 2.68. The number of aromatic nitrogens is 2. The van der Waals surface area contributed by atoms with E-state index in [9.17, 15) is 19.5 Å². The molecule has 14 heteroatoms. The Labute approximate surface area is 319 Å². The van der Waals surface area contributed by atoms with Gasteiger partial charge in [-0.05, 0) is 112 Å². The SMILES string of the molecule is CCN1C(=O)[C@H]2[C@H](CC=C3[C@H]2C[C@H]2C(=O)N(c4cc(-c5sc6ccc(Cl)cc6c5C)nn4C)C(=O)[C@@]2(C)[C@H]3c2cc(OC)c(O)c(Br)c2Br)C1=O. The summed E-state index contributed by atoms with van der Waals surface area (Å²) in [6.07, 6.45) is 2.58. The Morgan fingerprint density at radius 1 is 1.08 bits per heavy atom. The van der Waals surface area contributed by atoms with Crippen LogP contribution in [0.1, 0.15) is 43.7 Å². The molecule has 2 aliphatic heterocycles. The highest BCUT2D eigenvalue weighted by atomic mass is 79.9. The monoisotopic (exact) mass is 854 g/mol. The molecular formula is C37H33Br2ClN4O6S. The van der Waals surface area contributed by atoms with Gasteiger partial charge in [-0.15, -0.1) is 11.3 Å². The molecule has 1 saturated carbocycles. The minimum atomic E-state index is -1.30. The van der Waals surface area contributed by atoms with Crippen molar-refractivity contribution in [1.29, 1.82) is 0 Å². The Bertz CT molecular complexity index is 2280. The van der Waals surface area contributed by atoms with Crippen LogP contribution in [0.4, 0.5) is 5.82 Å². The number of hydrogen-bond acceptors (Lipinski definition) is 8. The molecule has 1 N–H and O–H groups in total. The number of nitrogens with zero attached hydrogens (tertiary/aromatic N) is 4. The van der Waals surface area contributed by atoms with E-state index in [-0.39, 0.29) is 42.2 Å². The molecule has 4 amide bonds. The number of ether oxygens (including phenoxy) is 1. The van der Waals surface area contributed by atoms with Gasteiger partial charge in [0.05, 0.1) is 39.6 Å². The summed E-state index contributed by atoms with van der Waals surface area (Å²) in [6.45, 7) is 5.88. The molecule has 6 atom stereocenters. The van der Waals surface area contributed by atoms with Crippen molar-refractivity contribution in [2.45, 2.75) is 39.5 Å². The quantitative estimate of drug-likeness (QED) is 0.161. The van der Waals surface area contributed by atoms with E-state index in [1.807, 2.05) is 38.1 Å². The van der Waals surface area contributed by atoms with Gasteiger partial charge in [0, 0.05) is 39.8 Å². The molecule has 2 saturated heterocycles. The molecule has 2 aliphatic carbocycles. The largest absolute Gasteiger partial charge is 0.503 e. The predicted molar refractivity (Wildman–Crippen MR) is 201 cm³/mol. The summed E-state index contributed by atoms with van der Waals surface area (Å²) in [6, 6.07) is 9.20. The van der Waals surface area contributed by atoms with Crippen LogP contribution in [-0.2, 0) is 26.2 Å². The molecule has 51 heavy (non-hydrogen) atoms. The number of fused-ring (bicyclic) bond motifs is 5. The van der Waals surface area contributed by atoms with E-state index in [1.54, 1.807) is 42.1 Å². The fourth-order valence-corrected chi connectivity index (χ4v) is 11.4. The molecule has 0 bridgehead atoms. The van der Waals surface area contributed by atoms with Gasteiger partial charge in [-0.1, -0.05) is 23.3 Å².